The number of furan rings is 1. The molecule has 0 saturated carbocycles. The van der Waals surface area contributed by atoms with E-state index >= 15 is 0 Å². The van der Waals surface area contributed by atoms with E-state index in [9.17, 15) is 0 Å². The van der Waals surface area contributed by atoms with Gasteiger partial charge in [0, 0.05) is 26.2 Å². The molecule has 0 fully saturated rings. The zero-order chi connectivity index (χ0) is 10.8. The van der Waals surface area contributed by atoms with Crippen LogP contribution in [-0.4, -0.2) is 21.8 Å². The molecule has 2 aromatic rings. The van der Waals surface area contributed by atoms with Crippen LogP contribution in [0.5, 0.6) is 0 Å². The van der Waals surface area contributed by atoms with E-state index in [0.29, 0.717) is 12.5 Å². The molecule has 0 saturated heterocycles. The molecular formula is C9H13N5O. The number of anilines is 2. The lowest BCUT2D eigenvalue weighted by Gasteiger charge is -2.16. The van der Waals surface area contributed by atoms with Crippen molar-refractivity contribution in [1.82, 2.24) is 14.8 Å². The summed E-state index contributed by atoms with van der Waals surface area (Å²) < 4.78 is 6.73. The Kier molecular flexibility index (Phi) is 2.32. The number of hydrogen-bond acceptors (Lipinski definition) is 5. The summed E-state index contributed by atoms with van der Waals surface area (Å²) in [5.41, 5.74) is 6.68. The van der Waals surface area contributed by atoms with Gasteiger partial charge in [-0.1, -0.05) is 0 Å². The van der Waals surface area contributed by atoms with Crippen LogP contribution >= 0.6 is 0 Å². The highest BCUT2D eigenvalue weighted by molar-refractivity contribution is 5.36. The number of nitrogens with two attached hydrogens (primary N) is 1. The van der Waals surface area contributed by atoms with E-state index in [1.54, 1.807) is 17.1 Å². The molecule has 0 unspecified atom stereocenters. The lowest BCUT2D eigenvalue weighted by atomic mass is 10.3. The summed E-state index contributed by atoms with van der Waals surface area (Å²) in [6.45, 7) is 0.711. The Balaban J connectivity index is 2.14. The molecule has 0 bridgehead atoms. The molecule has 0 amide bonds. The summed E-state index contributed by atoms with van der Waals surface area (Å²) in [6, 6.07) is 1.91. The Labute approximate surface area is 87.3 Å². The van der Waals surface area contributed by atoms with Crippen molar-refractivity contribution >= 4 is 11.9 Å². The van der Waals surface area contributed by atoms with Gasteiger partial charge in [-0.3, -0.25) is 4.57 Å². The lowest BCUT2D eigenvalue weighted by molar-refractivity contribution is 0.563. The highest BCUT2D eigenvalue weighted by Gasteiger charge is 2.10. The summed E-state index contributed by atoms with van der Waals surface area (Å²) in [5, 5.41) is 7.77. The van der Waals surface area contributed by atoms with E-state index in [0.717, 1.165) is 11.5 Å². The minimum absolute atomic E-state index is 0.407. The van der Waals surface area contributed by atoms with E-state index in [-0.39, 0.29) is 0 Å². The predicted octanol–water partition coefficient (Wildman–Crippen LogP) is 0.627. The van der Waals surface area contributed by atoms with Gasteiger partial charge in [-0.05, 0) is 6.07 Å². The molecular weight excluding hydrogens is 194 g/mol. The third kappa shape index (κ3) is 1.78. The largest absolute Gasteiger partial charge is 0.472 e. The molecule has 0 spiro atoms. The minimum atomic E-state index is 0.407. The number of hydrogen-bond donors (Lipinski definition) is 1. The van der Waals surface area contributed by atoms with Crippen LogP contribution in [0.3, 0.4) is 0 Å². The topological polar surface area (TPSA) is 73.1 Å². The van der Waals surface area contributed by atoms with Gasteiger partial charge in [0.2, 0.25) is 11.9 Å². The number of nitrogens with zero attached hydrogens (tertiary/aromatic N) is 4. The maximum atomic E-state index is 5.60. The van der Waals surface area contributed by atoms with E-state index in [1.807, 2.05) is 25.1 Å². The van der Waals surface area contributed by atoms with Crippen molar-refractivity contribution in [1.29, 1.82) is 0 Å². The molecule has 2 N–H and O–H groups in total. The van der Waals surface area contributed by atoms with Gasteiger partial charge in [0.15, 0.2) is 0 Å². The van der Waals surface area contributed by atoms with Gasteiger partial charge in [-0.2, -0.15) is 0 Å². The monoisotopic (exact) mass is 207 g/mol. The second-order valence-corrected chi connectivity index (χ2v) is 3.40. The normalized spacial score (nSPS) is 10.5. The van der Waals surface area contributed by atoms with Crippen LogP contribution in [-0.2, 0) is 13.6 Å². The van der Waals surface area contributed by atoms with E-state index < -0.39 is 0 Å². The first kappa shape index (κ1) is 9.57. The van der Waals surface area contributed by atoms with Crippen LogP contribution in [0.15, 0.2) is 23.0 Å². The first-order chi connectivity index (χ1) is 7.18. The fourth-order valence-electron chi connectivity index (χ4n) is 1.39. The predicted molar refractivity (Wildman–Crippen MR) is 56.2 cm³/mol. The molecule has 0 aromatic carbocycles. The summed E-state index contributed by atoms with van der Waals surface area (Å²) >= 11 is 0. The molecule has 2 heterocycles. The average molecular weight is 207 g/mol. The molecule has 0 aliphatic heterocycles. The van der Waals surface area contributed by atoms with Crippen LogP contribution in [0.1, 0.15) is 5.56 Å². The third-order valence-electron chi connectivity index (χ3n) is 2.23. The van der Waals surface area contributed by atoms with Crippen LogP contribution in [0.4, 0.5) is 11.9 Å². The highest BCUT2D eigenvalue weighted by Crippen LogP contribution is 2.14. The first-order valence-electron chi connectivity index (χ1n) is 4.55. The standard InChI is InChI=1S/C9H13N5O/c1-13(5-7-3-4-15-6-7)9-12-11-8(10)14(9)2/h3-4,6H,5H2,1-2H3,(H2,10,11). The number of nitrogen functional groups attached to an aromatic ring is 1. The molecule has 0 atom stereocenters. The van der Waals surface area contributed by atoms with Gasteiger partial charge in [-0.15, -0.1) is 10.2 Å². The smallest absolute Gasteiger partial charge is 0.228 e. The minimum Gasteiger partial charge on any atom is -0.472 e. The van der Waals surface area contributed by atoms with Gasteiger partial charge in [0.25, 0.3) is 0 Å². The average Bonchev–Trinajstić information content (AvgIpc) is 2.79. The Morgan fingerprint density at radius 3 is 2.87 bits per heavy atom. The fraction of sp³-hybridized carbons (Fsp3) is 0.333. The SMILES string of the molecule is CN(Cc1ccoc1)c1nnc(N)n1C. The maximum Gasteiger partial charge on any atom is 0.228 e. The number of rotatable bonds is 3. The molecule has 0 aliphatic rings. The molecule has 2 aromatic heterocycles. The lowest BCUT2D eigenvalue weighted by Crippen LogP contribution is -2.20. The van der Waals surface area contributed by atoms with Gasteiger partial charge < -0.3 is 15.1 Å². The first-order valence-corrected chi connectivity index (χ1v) is 4.55. The molecule has 80 valence electrons. The molecule has 0 aliphatic carbocycles. The molecule has 0 radical (unpaired) electrons. The summed E-state index contributed by atoms with van der Waals surface area (Å²) in [5.74, 6) is 1.14. The van der Waals surface area contributed by atoms with Gasteiger partial charge in [0.05, 0.1) is 12.5 Å². The van der Waals surface area contributed by atoms with E-state index in [4.69, 9.17) is 10.2 Å². The van der Waals surface area contributed by atoms with Crippen LogP contribution in [0.2, 0.25) is 0 Å². The Hall–Kier alpha value is -1.98. The second-order valence-electron chi connectivity index (χ2n) is 3.40. The van der Waals surface area contributed by atoms with Crippen molar-refractivity contribution in [2.24, 2.45) is 7.05 Å². The summed E-state index contributed by atoms with van der Waals surface area (Å²) in [7, 11) is 3.76. The fourth-order valence-corrected chi connectivity index (χ4v) is 1.39. The maximum absolute atomic E-state index is 5.60. The summed E-state index contributed by atoms with van der Waals surface area (Å²) in [6.07, 6.45) is 3.35. The van der Waals surface area contributed by atoms with Crippen molar-refractivity contribution in [2.75, 3.05) is 17.7 Å². The van der Waals surface area contributed by atoms with Gasteiger partial charge in [-0.25, -0.2) is 0 Å². The van der Waals surface area contributed by atoms with E-state index in [1.165, 1.54) is 0 Å². The van der Waals surface area contributed by atoms with Gasteiger partial charge in [0.1, 0.15) is 0 Å². The van der Waals surface area contributed by atoms with Crippen molar-refractivity contribution in [3.63, 3.8) is 0 Å². The Bertz CT molecular complexity index is 433. The molecule has 2 rings (SSSR count). The quantitative estimate of drug-likeness (QED) is 0.799. The van der Waals surface area contributed by atoms with Gasteiger partial charge >= 0.3 is 0 Å². The zero-order valence-electron chi connectivity index (χ0n) is 8.71. The molecule has 6 nitrogen and oxygen atoms in total. The van der Waals surface area contributed by atoms with Crippen LogP contribution in [0.25, 0.3) is 0 Å². The Morgan fingerprint density at radius 1 is 1.53 bits per heavy atom. The highest BCUT2D eigenvalue weighted by atomic mass is 16.3. The Morgan fingerprint density at radius 2 is 2.33 bits per heavy atom. The van der Waals surface area contributed by atoms with Crippen LogP contribution < -0.4 is 10.6 Å². The summed E-state index contributed by atoms with van der Waals surface area (Å²) in [4.78, 5) is 1.95. The van der Waals surface area contributed by atoms with Crippen molar-refractivity contribution in [3.8, 4) is 0 Å². The number of aromatic nitrogens is 3. The van der Waals surface area contributed by atoms with Crippen molar-refractivity contribution in [3.05, 3.63) is 24.2 Å². The molecule has 15 heavy (non-hydrogen) atoms. The van der Waals surface area contributed by atoms with Crippen LogP contribution in [0, 0.1) is 0 Å². The molecule has 6 heteroatoms. The van der Waals surface area contributed by atoms with Crippen molar-refractivity contribution < 1.29 is 4.42 Å². The second kappa shape index (κ2) is 3.64. The van der Waals surface area contributed by atoms with Crippen molar-refractivity contribution in [2.45, 2.75) is 6.54 Å². The zero-order valence-corrected chi connectivity index (χ0v) is 8.71. The van der Waals surface area contributed by atoms with E-state index in [2.05, 4.69) is 10.2 Å². The third-order valence-corrected chi connectivity index (χ3v) is 2.23.